The minimum absolute atomic E-state index is 0.194. The molecule has 0 bridgehead atoms. The predicted octanol–water partition coefficient (Wildman–Crippen LogP) is 3.83. The summed E-state index contributed by atoms with van der Waals surface area (Å²) in [5.41, 5.74) is 1.48. The molecule has 6 heteroatoms. The number of carbonyl (C=O) groups excluding carboxylic acids is 1. The minimum Gasteiger partial charge on any atom is -0.444 e. The molecule has 1 aromatic carbocycles. The van der Waals surface area contributed by atoms with Gasteiger partial charge in [0.25, 0.3) is 0 Å². The smallest absolute Gasteiger partial charge is 0.410 e. The number of rotatable bonds is 3. The summed E-state index contributed by atoms with van der Waals surface area (Å²) < 4.78 is 5.43. The van der Waals surface area contributed by atoms with Gasteiger partial charge in [-0.05, 0) is 39.3 Å². The second-order valence-electron chi connectivity index (χ2n) is 7.09. The first-order valence-corrected chi connectivity index (χ1v) is 8.25. The van der Waals surface area contributed by atoms with Crippen molar-refractivity contribution in [3.8, 4) is 0 Å². The number of nitrogens with zero attached hydrogens (tertiary/aromatic N) is 2. The zero-order chi connectivity index (χ0) is 17.2. The maximum absolute atomic E-state index is 12.1. The van der Waals surface area contributed by atoms with E-state index in [2.05, 4.69) is 5.32 Å². The van der Waals surface area contributed by atoms with Gasteiger partial charge in [-0.25, -0.2) is 4.79 Å². The van der Waals surface area contributed by atoms with Gasteiger partial charge in [0.05, 0.1) is 16.4 Å². The van der Waals surface area contributed by atoms with Crippen molar-refractivity contribution < 1.29 is 9.53 Å². The number of halogens is 1. The lowest BCUT2D eigenvalue weighted by atomic mass is 10.2. The summed E-state index contributed by atoms with van der Waals surface area (Å²) in [6.45, 7) is 6.98. The van der Waals surface area contributed by atoms with Crippen molar-refractivity contribution in [3.63, 3.8) is 0 Å². The van der Waals surface area contributed by atoms with Crippen LogP contribution in [0, 0.1) is 0 Å². The van der Waals surface area contributed by atoms with Crippen molar-refractivity contribution in [3.05, 3.63) is 23.2 Å². The number of nitrogens with one attached hydrogen (secondary N) is 1. The van der Waals surface area contributed by atoms with Gasteiger partial charge >= 0.3 is 6.09 Å². The number of hydrogen-bond acceptors (Lipinski definition) is 4. The minimum atomic E-state index is -0.465. The van der Waals surface area contributed by atoms with Gasteiger partial charge in [-0.1, -0.05) is 17.7 Å². The first kappa shape index (κ1) is 17.7. The molecule has 128 valence electrons. The van der Waals surface area contributed by atoms with Gasteiger partial charge in [-0.15, -0.1) is 0 Å². The molecule has 0 aliphatic carbocycles. The van der Waals surface area contributed by atoms with E-state index < -0.39 is 5.60 Å². The van der Waals surface area contributed by atoms with E-state index in [0.717, 1.165) is 17.8 Å². The fourth-order valence-electron chi connectivity index (χ4n) is 2.68. The van der Waals surface area contributed by atoms with Crippen LogP contribution >= 0.6 is 11.6 Å². The van der Waals surface area contributed by atoms with Gasteiger partial charge in [0.1, 0.15) is 5.60 Å². The Kier molecular flexibility index (Phi) is 5.30. The fraction of sp³-hybridized carbons (Fsp3) is 0.588. The molecule has 2 rings (SSSR count). The van der Waals surface area contributed by atoms with Crippen molar-refractivity contribution >= 4 is 29.1 Å². The fourth-order valence-corrected chi connectivity index (χ4v) is 3.02. The van der Waals surface area contributed by atoms with E-state index in [9.17, 15) is 4.79 Å². The van der Waals surface area contributed by atoms with Gasteiger partial charge < -0.3 is 19.9 Å². The highest BCUT2D eigenvalue weighted by molar-refractivity contribution is 6.34. The maximum atomic E-state index is 12.1. The molecular formula is C17H26ClN3O2. The number of para-hydroxylation sites is 1. The number of amides is 1. The average molecular weight is 340 g/mol. The molecule has 5 nitrogen and oxygen atoms in total. The van der Waals surface area contributed by atoms with E-state index in [1.807, 2.05) is 58.0 Å². The van der Waals surface area contributed by atoms with Crippen molar-refractivity contribution in [2.75, 3.05) is 37.4 Å². The van der Waals surface area contributed by atoms with Crippen LogP contribution < -0.4 is 10.2 Å². The Morgan fingerprint density at radius 2 is 2.09 bits per heavy atom. The van der Waals surface area contributed by atoms with Crippen LogP contribution in [0.5, 0.6) is 0 Å². The second-order valence-corrected chi connectivity index (χ2v) is 7.49. The molecule has 1 aliphatic heterocycles. The quantitative estimate of drug-likeness (QED) is 0.909. The Balaban J connectivity index is 2.02. The first-order valence-electron chi connectivity index (χ1n) is 7.87. The third-order valence-electron chi connectivity index (χ3n) is 3.63. The van der Waals surface area contributed by atoms with E-state index >= 15 is 0 Å². The van der Waals surface area contributed by atoms with Crippen molar-refractivity contribution in [1.82, 2.24) is 4.90 Å². The van der Waals surface area contributed by atoms with Crippen molar-refractivity contribution in [2.24, 2.45) is 0 Å². The summed E-state index contributed by atoms with van der Waals surface area (Å²) in [5, 5.41) is 4.21. The largest absolute Gasteiger partial charge is 0.444 e. The Bertz CT molecular complexity index is 569. The van der Waals surface area contributed by atoms with Crippen LogP contribution in [0.15, 0.2) is 18.2 Å². The van der Waals surface area contributed by atoms with Crippen LogP contribution in [0.3, 0.4) is 0 Å². The molecule has 1 N–H and O–H groups in total. The summed E-state index contributed by atoms with van der Waals surface area (Å²) in [4.78, 5) is 15.9. The molecule has 0 spiro atoms. The van der Waals surface area contributed by atoms with Crippen LogP contribution in [0.2, 0.25) is 5.02 Å². The van der Waals surface area contributed by atoms with Crippen LogP contribution in [0.25, 0.3) is 0 Å². The molecule has 1 fully saturated rings. The topological polar surface area (TPSA) is 44.8 Å². The van der Waals surface area contributed by atoms with Crippen LogP contribution in [0.4, 0.5) is 16.2 Å². The standard InChI is InChI=1S/C17H26ClN3O2/c1-17(2,3)23-16(22)21-10-9-12(11-21)19-14-8-6-7-13(18)15(14)20(4)5/h6-8,12,19H,9-11H2,1-5H3. The molecule has 1 heterocycles. The Hall–Kier alpha value is -1.62. The third kappa shape index (κ3) is 4.67. The van der Waals surface area contributed by atoms with Gasteiger partial charge in [-0.2, -0.15) is 0 Å². The lowest BCUT2D eigenvalue weighted by molar-refractivity contribution is 0.0293. The highest BCUT2D eigenvalue weighted by Crippen LogP contribution is 2.33. The molecule has 0 saturated carbocycles. The predicted molar refractivity (Wildman–Crippen MR) is 95.6 cm³/mol. The number of hydrogen-bond donors (Lipinski definition) is 1. The first-order chi connectivity index (χ1) is 10.7. The summed E-state index contributed by atoms with van der Waals surface area (Å²) in [6.07, 6.45) is 0.638. The highest BCUT2D eigenvalue weighted by atomic mass is 35.5. The Morgan fingerprint density at radius 1 is 1.39 bits per heavy atom. The SMILES string of the molecule is CN(C)c1c(Cl)cccc1NC1CCN(C(=O)OC(C)(C)C)C1. The van der Waals surface area contributed by atoms with E-state index in [1.165, 1.54) is 0 Å². The third-order valence-corrected chi connectivity index (χ3v) is 3.94. The zero-order valence-corrected chi connectivity index (χ0v) is 15.3. The van der Waals surface area contributed by atoms with Crippen molar-refractivity contribution in [2.45, 2.75) is 38.8 Å². The molecule has 1 saturated heterocycles. The molecule has 0 radical (unpaired) electrons. The van der Waals surface area contributed by atoms with Crippen LogP contribution in [0.1, 0.15) is 27.2 Å². The molecule has 1 amide bonds. The number of anilines is 2. The van der Waals surface area contributed by atoms with Gasteiger partial charge in [-0.3, -0.25) is 0 Å². The van der Waals surface area contributed by atoms with E-state index in [-0.39, 0.29) is 12.1 Å². The number of likely N-dealkylation sites (tertiary alicyclic amines) is 1. The van der Waals surface area contributed by atoms with Crippen LogP contribution in [-0.2, 0) is 4.74 Å². The lowest BCUT2D eigenvalue weighted by Crippen LogP contribution is -2.36. The molecule has 1 aliphatic rings. The highest BCUT2D eigenvalue weighted by Gasteiger charge is 2.30. The summed E-state index contributed by atoms with van der Waals surface area (Å²) in [5.74, 6) is 0. The van der Waals surface area contributed by atoms with E-state index in [1.54, 1.807) is 4.90 Å². The molecule has 0 aromatic heterocycles. The number of carbonyl (C=O) groups is 1. The zero-order valence-electron chi connectivity index (χ0n) is 14.5. The number of ether oxygens (including phenoxy) is 1. The molecule has 1 atom stereocenters. The van der Waals surface area contributed by atoms with Crippen molar-refractivity contribution in [1.29, 1.82) is 0 Å². The summed E-state index contributed by atoms with van der Waals surface area (Å²) in [6, 6.07) is 6.01. The normalized spacial score (nSPS) is 18.0. The molecule has 1 unspecified atom stereocenters. The van der Waals surface area contributed by atoms with E-state index in [4.69, 9.17) is 16.3 Å². The van der Waals surface area contributed by atoms with Gasteiger partial charge in [0.2, 0.25) is 0 Å². The molecule has 23 heavy (non-hydrogen) atoms. The van der Waals surface area contributed by atoms with E-state index in [0.29, 0.717) is 18.1 Å². The molecular weight excluding hydrogens is 314 g/mol. The Labute approximate surface area is 143 Å². The maximum Gasteiger partial charge on any atom is 0.410 e. The summed E-state index contributed by atoms with van der Waals surface area (Å²) in [7, 11) is 3.93. The summed E-state index contributed by atoms with van der Waals surface area (Å²) >= 11 is 6.30. The van der Waals surface area contributed by atoms with Crippen LogP contribution in [-0.4, -0.2) is 49.8 Å². The Morgan fingerprint density at radius 3 is 2.70 bits per heavy atom. The second kappa shape index (κ2) is 6.87. The van der Waals surface area contributed by atoms with Gasteiger partial charge in [0.15, 0.2) is 0 Å². The monoisotopic (exact) mass is 339 g/mol. The molecule has 1 aromatic rings. The lowest BCUT2D eigenvalue weighted by Gasteiger charge is -2.25. The van der Waals surface area contributed by atoms with Gasteiger partial charge in [0, 0.05) is 33.2 Å². The number of benzene rings is 1. The average Bonchev–Trinajstić information content (AvgIpc) is 2.85.